The maximum atomic E-state index is 12.2. The molecule has 4 aliphatic rings. The van der Waals surface area contributed by atoms with Crippen LogP contribution in [0.2, 0.25) is 5.02 Å². The lowest BCUT2D eigenvalue weighted by atomic mass is 9.49. The molecule has 0 atom stereocenters. The molecule has 2 amide bonds. The van der Waals surface area contributed by atoms with E-state index in [2.05, 4.69) is 10.6 Å². The van der Waals surface area contributed by atoms with E-state index in [9.17, 15) is 9.59 Å². The van der Waals surface area contributed by atoms with Gasteiger partial charge < -0.3 is 10.6 Å². The first-order chi connectivity index (χ1) is 13.0. The fourth-order valence-corrected chi connectivity index (χ4v) is 6.16. The Kier molecular flexibility index (Phi) is 5.45. The van der Waals surface area contributed by atoms with Crippen LogP contribution < -0.4 is 10.6 Å². The van der Waals surface area contributed by atoms with Gasteiger partial charge in [-0.05, 0) is 92.4 Å². The average molecular weight is 389 g/mol. The number of amides is 2. The van der Waals surface area contributed by atoms with Crippen LogP contribution in [0.15, 0.2) is 24.3 Å². The number of carbonyl (C=O) groups excluding carboxylic acids is 2. The molecular weight excluding hydrogens is 360 g/mol. The number of hydrogen-bond donors (Lipinski definition) is 2. The minimum atomic E-state index is -0.124. The summed E-state index contributed by atoms with van der Waals surface area (Å²) in [5.74, 6) is 2.73. The molecule has 5 rings (SSSR count). The van der Waals surface area contributed by atoms with Gasteiger partial charge in [-0.25, -0.2) is 0 Å². The number of carbonyl (C=O) groups is 2. The predicted octanol–water partition coefficient (Wildman–Crippen LogP) is 4.18. The predicted molar refractivity (Wildman–Crippen MR) is 107 cm³/mol. The van der Waals surface area contributed by atoms with Gasteiger partial charge in [0.05, 0.1) is 0 Å². The summed E-state index contributed by atoms with van der Waals surface area (Å²) in [6, 6.07) is 6.81. The van der Waals surface area contributed by atoms with E-state index in [-0.39, 0.29) is 11.8 Å². The van der Waals surface area contributed by atoms with Gasteiger partial charge in [-0.2, -0.15) is 0 Å². The lowest BCUT2D eigenvalue weighted by Crippen LogP contribution is -2.51. The Morgan fingerprint density at radius 1 is 0.963 bits per heavy atom. The smallest absolute Gasteiger partial charge is 0.251 e. The van der Waals surface area contributed by atoms with Crippen LogP contribution in [0.5, 0.6) is 0 Å². The van der Waals surface area contributed by atoms with Gasteiger partial charge in [0, 0.05) is 30.1 Å². The molecule has 4 bridgehead atoms. The fraction of sp³-hybridized carbons (Fsp3) is 0.636. The number of benzene rings is 1. The van der Waals surface area contributed by atoms with Gasteiger partial charge in [0.1, 0.15) is 0 Å². The first-order valence-electron chi connectivity index (χ1n) is 10.3. The minimum Gasteiger partial charge on any atom is -0.356 e. The minimum absolute atomic E-state index is 0.117. The Bertz CT molecular complexity index is 665. The highest BCUT2D eigenvalue weighted by Crippen LogP contribution is 2.59. The van der Waals surface area contributed by atoms with Crippen molar-refractivity contribution >= 4 is 23.4 Å². The highest BCUT2D eigenvalue weighted by Gasteiger charge is 2.50. The Morgan fingerprint density at radius 2 is 1.56 bits per heavy atom. The fourth-order valence-electron chi connectivity index (χ4n) is 6.04. The van der Waals surface area contributed by atoms with Crippen LogP contribution in [0.25, 0.3) is 0 Å². The molecule has 0 aromatic heterocycles. The van der Waals surface area contributed by atoms with Crippen molar-refractivity contribution in [1.82, 2.24) is 10.6 Å². The van der Waals surface area contributed by atoms with Gasteiger partial charge in [-0.3, -0.25) is 9.59 Å². The second-order valence-electron chi connectivity index (χ2n) is 9.06. The zero-order valence-electron chi connectivity index (χ0n) is 15.8. The summed E-state index contributed by atoms with van der Waals surface area (Å²) in [5, 5.41) is 6.68. The quantitative estimate of drug-likeness (QED) is 0.688. The molecule has 0 heterocycles. The SMILES string of the molecule is O=C(CCCNC(=O)c1ccc(Cl)cc1)NCC12CC3CC(CC(C3)C1)C2. The van der Waals surface area contributed by atoms with E-state index in [1.165, 1.54) is 38.5 Å². The Labute approximate surface area is 166 Å². The Balaban J connectivity index is 1.15. The van der Waals surface area contributed by atoms with E-state index in [1.54, 1.807) is 24.3 Å². The van der Waals surface area contributed by atoms with Crippen molar-refractivity contribution in [2.24, 2.45) is 23.2 Å². The van der Waals surface area contributed by atoms with Crippen molar-refractivity contribution in [3.05, 3.63) is 34.9 Å². The lowest BCUT2D eigenvalue weighted by molar-refractivity contribution is -0.123. The standard InChI is InChI=1S/C22H29ClN2O2/c23-19-5-3-18(4-6-19)21(27)24-7-1-2-20(26)25-14-22-11-15-8-16(12-22)10-17(9-15)13-22/h3-6,15-17H,1-2,7-14H2,(H,24,27)(H,25,26). The summed E-state index contributed by atoms with van der Waals surface area (Å²) in [5.41, 5.74) is 0.971. The van der Waals surface area contributed by atoms with Crippen LogP contribution in [0.4, 0.5) is 0 Å². The summed E-state index contributed by atoms with van der Waals surface area (Å²) >= 11 is 5.83. The van der Waals surface area contributed by atoms with Gasteiger partial charge in [0.2, 0.25) is 5.91 Å². The second-order valence-corrected chi connectivity index (χ2v) is 9.50. The van der Waals surface area contributed by atoms with Crippen molar-refractivity contribution in [1.29, 1.82) is 0 Å². The molecule has 4 nitrogen and oxygen atoms in total. The molecule has 0 saturated heterocycles. The zero-order chi connectivity index (χ0) is 18.9. The molecule has 0 unspecified atom stereocenters. The molecule has 0 radical (unpaired) electrons. The van der Waals surface area contributed by atoms with Crippen LogP contribution >= 0.6 is 11.6 Å². The van der Waals surface area contributed by atoms with Crippen LogP contribution in [0, 0.1) is 23.2 Å². The van der Waals surface area contributed by atoms with Gasteiger partial charge >= 0.3 is 0 Å². The summed E-state index contributed by atoms with van der Waals surface area (Å²) in [4.78, 5) is 24.3. The summed E-state index contributed by atoms with van der Waals surface area (Å²) in [6.07, 6.45) is 9.37. The van der Waals surface area contributed by atoms with Crippen LogP contribution in [-0.2, 0) is 4.79 Å². The maximum Gasteiger partial charge on any atom is 0.251 e. The summed E-state index contributed by atoms with van der Waals surface area (Å²) in [6.45, 7) is 1.36. The topological polar surface area (TPSA) is 58.2 Å². The van der Waals surface area contributed by atoms with Gasteiger partial charge in [0.15, 0.2) is 0 Å². The van der Waals surface area contributed by atoms with E-state index in [0.29, 0.717) is 35.4 Å². The Hall–Kier alpha value is -1.55. The van der Waals surface area contributed by atoms with E-state index in [1.807, 2.05) is 0 Å². The number of rotatable bonds is 7. The molecule has 4 saturated carbocycles. The molecule has 1 aromatic carbocycles. The third-order valence-electron chi connectivity index (χ3n) is 6.80. The van der Waals surface area contributed by atoms with Crippen molar-refractivity contribution in [2.45, 2.75) is 51.4 Å². The Morgan fingerprint density at radius 3 is 2.15 bits per heavy atom. The van der Waals surface area contributed by atoms with Gasteiger partial charge in [0.25, 0.3) is 5.91 Å². The molecule has 5 heteroatoms. The average Bonchev–Trinajstić information content (AvgIpc) is 2.63. The summed E-state index contributed by atoms with van der Waals surface area (Å²) in [7, 11) is 0. The normalized spacial score (nSPS) is 30.9. The van der Waals surface area contributed by atoms with Crippen molar-refractivity contribution in [3.8, 4) is 0 Å². The van der Waals surface area contributed by atoms with E-state index in [0.717, 1.165) is 24.3 Å². The maximum absolute atomic E-state index is 12.2. The third kappa shape index (κ3) is 4.48. The molecular formula is C22H29ClN2O2. The molecule has 4 fully saturated rings. The molecule has 2 N–H and O–H groups in total. The molecule has 0 aliphatic heterocycles. The molecule has 0 spiro atoms. The first-order valence-corrected chi connectivity index (χ1v) is 10.7. The third-order valence-corrected chi connectivity index (χ3v) is 7.05. The highest BCUT2D eigenvalue weighted by molar-refractivity contribution is 6.30. The van der Waals surface area contributed by atoms with Crippen molar-refractivity contribution in [3.63, 3.8) is 0 Å². The van der Waals surface area contributed by atoms with Crippen molar-refractivity contribution in [2.75, 3.05) is 13.1 Å². The van der Waals surface area contributed by atoms with Gasteiger partial charge in [-0.1, -0.05) is 11.6 Å². The number of halogens is 1. The second kappa shape index (κ2) is 7.83. The zero-order valence-corrected chi connectivity index (χ0v) is 16.6. The number of nitrogens with one attached hydrogen (secondary N) is 2. The van der Waals surface area contributed by atoms with Crippen LogP contribution in [-0.4, -0.2) is 24.9 Å². The van der Waals surface area contributed by atoms with E-state index < -0.39 is 0 Å². The monoisotopic (exact) mass is 388 g/mol. The molecule has 4 aliphatic carbocycles. The van der Waals surface area contributed by atoms with Crippen LogP contribution in [0.1, 0.15) is 61.7 Å². The van der Waals surface area contributed by atoms with Gasteiger partial charge in [-0.15, -0.1) is 0 Å². The molecule has 27 heavy (non-hydrogen) atoms. The lowest BCUT2D eigenvalue weighted by Gasteiger charge is -2.56. The first kappa shape index (κ1) is 18.8. The number of hydrogen-bond acceptors (Lipinski definition) is 2. The van der Waals surface area contributed by atoms with Crippen molar-refractivity contribution < 1.29 is 9.59 Å². The van der Waals surface area contributed by atoms with Crippen LogP contribution in [0.3, 0.4) is 0 Å². The van der Waals surface area contributed by atoms with E-state index in [4.69, 9.17) is 11.6 Å². The molecule has 146 valence electrons. The highest BCUT2D eigenvalue weighted by atomic mass is 35.5. The molecule has 1 aromatic rings. The van der Waals surface area contributed by atoms with E-state index >= 15 is 0 Å². The summed E-state index contributed by atoms with van der Waals surface area (Å²) < 4.78 is 0. The largest absolute Gasteiger partial charge is 0.356 e.